The van der Waals surface area contributed by atoms with Gasteiger partial charge in [0.2, 0.25) is 5.91 Å². The van der Waals surface area contributed by atoms with Crippen LogP contribution in [0.5, 0.6) is 0 Å². The summed E-state index contributed by atoms with van der Waals surface area (Å²) in [5.74, 6) is 0.541. The van der Waals surface area contributed by atoms with Crippen LogP contribution in [0.3, 0.4) is 0 Å². The fourth-order valence-electron chi connectivity index (χ4n) is 1.89. The minimum atomic E-state index is 0.126. The number of aliphatic hydroxyl groups excluding tert-OH is 1. The summed E-state index contributed by atoms with van der Waals surface area (Å²) in [6.45, 7) is 3.73. The van der Waals surface area contributed by atoms with Crippen LogP contribution in [0.2, 0.25) is 0 Å². The summed E-state index contributed by atoms with van der Waals surface area (Å²) in [4.78, 5) is 11.5. The van der Waals surface area contributed by atoms with E-state index < -0.39 is 0 Å². The highest BCUT2D eigenvalue weighted by Crippen LogP contribution is 2.09. The second-order valence-corrected chi connectivity index (χ2v) is 4.57. The van der Waals surface area contributed by atoms with E-state index >= 15 is 0 Å². The number of amides is 1. The molecular weight excluding hydrogens is 216 g/mol. The summed E-state index contributed by atoms with van der Waals surface area (Å²) in [6.07, 6.45) is 6.47. The van der Waals surface area contributed by atoms with Crippen molar-refractivity contribution in [1.82, 2.24) is 5.32 Å². The zero-order valence-electron chi connectivity index (χ0n) is 11.1. The molecule has 0 saturated carbocycles. The number of carbonyl (C=O) groups excluding carboxylic acids is 1. The molecule has 0 fully saturated rings. The van der Waals surface area contributed by atoms with Crippen molar-refractivity contribution >= 4 is 5.91 Å². The van der Waals surface area contributed by atoms with Gasteiger partial charge in [-0.3, -0.25) is 4.79 Å². The first-order chi connectivity index (χ1) is 8.24. The summed E-state index contributed by atoms with van der Waals surface area (Å²) < 4.78 is 0. The third-order valence-corrected chi connectivity index (χ3v) is 2.93. The van der Waals surface area contributed by atoms with Crippen molar-refractivity contribution in [2.45, 2.75) is 51.9 Å². The molecule has 0 aliphatic heterocycles. The van der Waals surface area contributed by atoms with Crippen molar-refractivity contribution in [1.29, 1.82) is 0 Å². The Kier molecular flexibility index (Phi) is 11.4. The Morgan fingerprint density at radius 3 is 2.65 bits per heavy atom. The second-order valence-electron chi connectivity index (χ2n) is 4.57. The van der Waals surface area contributed by atoms with E-state index in [-0.39, 0.29) is 12.5 Å². The number of carbonyl (C=O) groups is 1. The van der Waals surface area contributed by atoms with Crippen molar-refractivity contribution in [2.75, 3.05) is 19.7 Å². The summed E-state index contributed by atoms with van der Waals surface area (Å²) in [6, 6.07) is 0. The fourth-order valence-corrected chi connectivity index (χ4v) is 1.89. The van der Waals surface area contributed by atoms with Gasteiger partial charge in [0, 0.05) is 19.6 Å². The molecule has 1 atom stereocenters. The van der Waals surface area contributed by atoms with E-state index in [4.69, 9.17) is 10.8 Å². The SMILES string of the molecule is CCCC(CCO)CNC(=O)CCCCCN. The molecule has 4 nitrogen and oxygen atoms in total. The highest BCUT2D eigenvalue weighted by molar-refractivity contribution is 5.75. The molecule has 17 heavy (non-hydrogen) atoms. The van der Waals surface area contributed by atoms with Gasteiger partial charge in [0.25, 0.3) is 0 Å². The zero-order valence-corrected chi connectivity index (χ0v) is 11.1. The van der Waals surface area contributed by atoms with Gasteiger partial charge in [-0.1, -0.05) is 19.8 Å². The van der Waals surface area contributed by atoms with Crippen LogP contribution in [-0.2, 0) is 4.79 Å². The van der Waals surface area contributed by atoms with Crippen molar-refractivity contribution < 1.29 is 9.90 Å². The van der Waals surface area contributed by atoms with Crippen LogP contribution < -0.4 is 11.1 Å². The van der Waals surface area contributed by atoms with Gasteiger partial charge in [0.1, 0.15) is 0 Å². The van der Waals surface area contributed by atoms with E-state index in [2.05, 4.69) is 12.2 Å². The molecular formula is C13H28N2O2. The van der Waals surface area contributed by atoms with Crippen LogP contribution in [0.25, 0.3) is 0 Å². The van der Waals surface area contributed by atoms with E-state index in [1.54, 1.807) is 0 Å². The average molecular weight is 244 g/mol. The van der Waals surface area contributed by atoms with Crippen LogP contribution in [0.15, 0.2) is 0 Å². The Hall–Kier alpha value is -0.610. The van der Waals surface area contributed by atoms with Gasteiger partial charge in [-0.15, -0.1) is 0 Å². The lowest BCUT2D eigenvalue weighted by molar-refractivity contribution is -0.121. The van der Waals surface area contributed by atoms with Gasteiger partial charge in [-0.05, 0) is 38.1 Å². The Morgan fingerprint density at radius 1 is 1.29 bits per heavy atom. The molecule has 0 aliphatic carbocycles. The molecule has 0 saturated heterocycles. The maximum Gasteiger partial charge on any atom is 0.220 e. The molecule has 0 radical (unpaired) electrons. The van der Waals surface area contributed by atoms with Gasteiger partial charge in [0.15, 0.2) is 0 Å². The second kappa shape index (κ2) is 11.9. The van der Waals surface area contributed by atoms with E-state index in [0.29, 0.717) is 25.4 Å². The third kappa shape index (κ3) is 10.3. The number of nitrogens with two attached hydrogens (primary N) is 1. The Labute approximate surface area is 105 Å². The molecule has 0 aromatic heterocycles. The van der Waals surface area contributed by atoms with Gasteiger partial charge < -0.3 is 16.2 Å². The van der Waals surface area contributed by atoms with E-state index in [0.717, 1.165) is 38.5 Å². The quantitative estimate of drug-likeness (QED) is 0.481. The molecule has 0 heterocycles. The predicted octanol–water partition coefficient (Wildman–Crippen LogP) is 1.42. The minimum absolute atomic E-state index is 0.126. The maximum atomic E-state index is 11.5. The van der Waals surface area contributed by atoms with E-state index in [1.807, 2.05) is 0 Å². The predicted molar refractivity (Wildman–Crippen MR) is 70.6 cm³/mol. The van der Waals surface area contributed by atoms with Gasteiger partial charge in [-0.2, -0.15) is 0 Å². The molecule has 102 valence electrons. The van der Waals surface area contributed by atoms with Crippen molar-refractivity contribution in [3.63, 3.8) is 0 Å². The maximum absolute atomic E-state index is 11.5. The van der Waals surface area contributed by atoms with E-state index in [9.17, 15) is 4.79 Å². The molecule has 1 amide bonds. The van der Waals surface area contributed by atoms with Gasteiger partial charge in [-0.25, -0.2) is 0 Å². The molecule has 0 aromatic rings. The summed E-state index contributed by atoms with van der Waals surface area (Å²) in [5.41, 5.74) is 5.39. The zero-order chi connectivity index (χ0) is 12.9. The first-order valence-corrected chi connectivity index (χ1v) is 6.82. The highest BCUT2D eigenvalue weighted by Gasteiger charge is 2.08. The fraction of sp³-hybridized carbons (Fsp3) is 0.923. The molecule has 4 N–H and O–H groups in total. The molecule has 4 heteroatoms. The van der Waals surface area contributed by atoms with Crippen LogP contribution in [-0.4, -0.2) is 30.7 Å². The Morgan fingerprint density at radius 2 is 2.06 bits per heavy atom. The lowest BCUT2D eigenvalue weighted by atomic mass is 10.0. The molecule has 0 spiro atoms. The smallest absolute Gasteiger partial charge is 0.220 e. The number of hydrogen-bond donors (Lipinski definition) is 3. The standard InChI is InChI=1S/C13H28N2O2/c1-2-6-12(8-10-16)11-15-13(17)7-4-3-5-9-14/h12,16H,2-11,14H2,1H3,(H,15,17). The van der Waals surface area contributed by atoms with Gasteiger partial charge in [0.05, 0.1) is 0 Å². The van der Waals surface area contributed by atoms with Gasteiger partial charge >= 0.3 is 0 Å². The summed E-state index contributed by atoms with van der Waals surface area (Å²) in [5, 5.41) is 11.9. The number of unbranched alkanes of at least 4 members (excludes halogenated alkanes) is 2. The molecule has 1 unspecified atom stereocenters. The summed E-state index contributed by atoms with van der Waals surface area (Å²) in [7, 11) is 0. The van der Waals surface area contributed by atoms with Crippen LogP contribution in [0, 0.1) is 5.92 Å². The van der Waals surface area contributed by atoms with Crippen LogP contribution in [0.4, 0.5) is 0 Å². The number of rotatable bonds is 11. The lowest BCUT2D eigenvalue weighted by Gasteiger charge is -2.15. The largest absolute Gasteiger partial charge is 0.396 e. The monoisotopic (exact) mass is 244 g/mol. The van der Waals surface area contributed by atoms with Crippen LogP contribution >= 0.6 is 0 Å². The third-order valence-electron chi connectivity index (χ3n) is 2.93. The molecule has 0 aliphatic rings. The lowest BCUT2D eigenvalue weighted by Crippen LogP contribution is -2.29. The number of aliphatic hydroxyl groups is 1. The van der Waals surface area contributed by atoms with E-state index in [1.165, 1.54) is 0 Å². The minimum Gasteiger partial charge on any atom is -0.396 e. The Bertz CT molecular complexity index is 180. The molecule has 0 bridgehead atoms. The van der Waals surface area contributed by atoms with Crippen LogP contribution in [0.1, 0.15) is 51.9 Å². The molecule has 0 aromatic carbocycles. The van der Waals surface area contributed by atoms with Crippen molar-refractivity contribution in [2.24, 2.45) is 11.7 Å². The normalized spacial score (nSPS) is 12.4. The number of nitrogens with one attached hydrogen (secondary N) is 1. The Balaban J connectivity index is 3.57. The van der Waals surface area contributed by atoms with Crippen molar-refractivity contribution in [3.8, 4) is 0 Å². The molecule has 0 rings (SSSR count). The van der Waals surface area contributed by atoms with Crippen molar-refractivity contribution in [3.05, 3.63) is 0 Å². The number of hydrogen-bond acceptors (Lipinski definition) is 3. The highest BCUT2D eigenvalue weighted by atomic mass is 16.3. The average Bonchev–Trinajstić information content (AvgIpc) is 2.32. The summed E-state index contributed by atoms with van der Waals surface area (Å²) >= 11 is 0. The first kappa shape index (κ1) is 16.4. The topological polar surface area (TPSA) is 75.3 Å². The first-order valence-electron chi connectivity index (χ1n) is 6.82.